The molecule has 0 saturated carbocycles. The second-order valence-electron chi connectivity index (χ2n) is 9.02. The van der Waals surface area contributed by atoms with Gasteiger partial charge in [0.25, 0.3) is 0 Å². The second kappa shape index (κ2) is 14.6. The van der Waals surface area contributed by atoms with Crippen molar-refractivity contribution >= 4 is 32.4 Å². The van der Waals surface area contributed by atoms with Crippen molar-refractivity contribution in [1.29, 1.82) is 0 Å². The Kier molecular flexibility index (Phi) is 12.2. The predicted octanol–water partition coefficient (Wildman–Crippen LogP) is 5.77. The summed E-state index contributed by atoms with van der Waals surface area (Å²) in [4.78, 5) is 8.02. The van der Waals surface area contributed by atoms with Crippen LogP contribution in [0.3, 0.4) is 0 Å². The van der Waals surface area contributed by atoms with Gasteiger partial charge in [-0.2, -0.15) is 13.2 Å². The summed E-state index contributed by atoms with van der Waals surface area (Å²) in [7, 11) is 2.86. The van der Waals surface area contributed by atoms with E-state index in [0.29, 0.717) is 6.61 Å². The molecule has 0 bridgehead atoms. The Labute approximate surface area is 237 Å². The van der Waals surface area contributed by atoms with Crippen molar-refractivity contribution in [2.45, 2.75) is 41.0 Å². The summed E-state index contributed by atoms with van der Waals surface area (Å²) in [5.74, 6) is -1.47. The van der Waals surface area contributed by atoms with Gasteiger partial charge in [0, 0.05) is 52.2 Å². The van der Waals surface area contributed by atoms with Crippen molar-refractivity contribution in [2.24, 2.45) is 0 Å². The van der Waals surface area contributed by atoms with Gasteiger partial charge in [-0.1, -0.05) is 6.07 Å². The molecule has 220 valence electrons. The number of halogens is 3. The highest BCUT2D eigenvalue weighted by Crippen LogP contribution is 2.34. The van der Waals surface area contributed by atoms with Crippen LogP contribution in [0.5, 0.6) is 5.75 Å². The molecule has 3 aromatic carbocycles. The molecule has 3 aromatic rings. The molecular weight excluding hydrogens is 565 g/mol. The van der Waals surface area contributed by atoms with E-state index in [4.69, 9.17) is 9.47 Å². The first-order valence-electron chi connectivity index (χ1n) is 12.3. The largest absolute Gasteiger partial charge is 0.748 e. The summed E-state index contributed by atoms with van der Waals surface area (Å²) >= 11 is 0. The number of rotatable bonds is 10. The van der Waals surface area contributed by atoms with E-state index in [1.807, 2.05) is 19.9 Å². The Morgan fingerprint density at radius 2 is 1.32 bits per heavy atom. The van der Waals surface area contributed by atoms with Gasteiger partial charge in [-0.25, -0.2) is 8.42 Å². The van der Waals surface area contributed by atoms with Crippen LogP contribution < -0.4 is 14.5 Å². The quantitative estimate of drug-likeness (QED) is 0.166. The summed E-state index contributed by atoms with van der Waals surface area (Å²) in [5, 5.41) is 0. The number of anilines is 2. The molecule has 0 aliphatic carbocycles. The van der Waals surface area contributed by atoms with Crippen LogP contribution in [0.25, 0.3) is 0 Å². The zero-order valence-electron chi connectivity index (χ0n) is 23.3. The molecular formula is C28H35F3N2O5S2. The number of nitrogens with zero attached hydrogens (tertiary/aromatic N) is 2. The maximum atomic E-state index is 11.0. The molecule has 0 spiro atoms. The number of hydrogen-bond acceptors (Lipinski definition) is 7. The van der Waals surface area contributed by atoms with Crippen LogP contribution in [0.1, 0.15) is 13.8 Å². The Morgan fingerprint density at radius 1 is 0.850 bits per heavy atom. The molecule has 0 aromatic heterocycles. The summed E-state index contributed by atoms with van der Waals surface area (Å²) in [5.41, 5.74) is 2.38. The molecule has 0 heterocycles. The third kappa shape index (κ3) is 11.3. The SMILES string of the molecule is CCOC(C)Oc1cccc([S+](c2ccc(N(C)C)cc2)c2ccc(N(C)C)cc2)c1.O=S(=O)([O-])CC(F)(F)F. The molecule has 0 amide bonds. The van der Waals surface area contributed by atoms with Gasteiger partial charge in [0.05, 0.1) is 10.9 Å². The molecule has 0 saturated heterocycles. The average Bonchev–Trinajstić information content (AvgIpc) is 2.83. The average molecular weight is 601 g/mol. The van der Waals surface area contributed by atoms with Gasteiger partial charge in [0.15, 0.2) is 21.0 Å². The maximum absolute atomic E-state index is 11.0. The van der Waals surface area contributed by atoms with E-state index < -0.39 is 22.0 Å². The van der Waals surface area contributed by atoms with Gasteiger partial charge in [-0.05, 0) is 74.5 Å². The maximum Gasteiger partial charge on any atom is 0.401 e. The lowest BCUT2D eigenvalue weighted by Crippen LogP contribution is -2.21. The van der Waals surface area contributed by atoms with Gasteiger partial charge in [-0.15, -0.1) is 0 Å². The van der Waals surface area contributed by atoms with E-state index in [-0.39, 0.29) is 17.2 Å². The fraction of sp³-hybridized carbons (Fsp3) is 0.357. The number of alkyl halides is 3. The van der Waals surface area contributed by atoms with Gasteiger partial charge in [-0.3, -0.25) is 0 Å². The van der Waals surface area contributed by atoms with E-state index in [2.05, 4.69) is 105 Å². The first-order chi connectivity index (χ1) is 18.6. The van der Waals surface area contributed by atoms with E-state index in [1.54, 1.807) is 0 Å². The predicted molar refractivity (Wildman–Crippen MR) is 152 cm³/mol. The fourth-order valence-corrected chi connectivity index (χ4v) is 5.99. The Bertz CT molecular complexity index is 1250. The summed E-state index contributed by atoms with van der Waals surface area (Å²) < 4.78 is 72.6. The minimum Gasteiger partial charge on any atom is -0.748 e. The van der Waals surface area contributed by atoms with Crippen LogP contribution >= 0.6 is 0 Å². The number of benzene rings is 3. The molecule has 40 heavy (non-hydrogen) atoms. The van der Waals surface area contributed by atoms with Crippen molar-refractivity contribution in [2.75, 3.05) is 50.4 Å². The van der Waals surface area contributed by atoms with E-state index in [0.717, 1.165) is 5.75 Å². The van der Waals surface area contributed by atoms with Gasteiger partial charge in [0.2, 0.25) is 0 Å². The highest BCUT2D eigenvalue weighted by molar-refractivity contribution is 7.97. The van der Waals surface area contributed by atoms with E-state index >= 15 is 0 Å². The normalized spacial score (nSPS) is 12.4. The molecule has 12 heteroatoms. The monoisotopic (exact) mass is 600 g/mol. The lowest BCUT2D eigenvalue weighted by Gasteiger charge is -2.16. The topological polar surface area (TPSA) is 82.1 Å². The Morgan fingerprint density at radius 3 is 1.68 bits per heavy atom. The van der Waals surface area contributed by atoms with Gasteiger partial charge >= 0.3 is 6.18 Å². The van der Waals surface area contributed by atoms with Crippen LogP contribution in [-0.4, -0.2) is 66.0 Å². The highest BCUT2D eigenvalue weighted by atomic mass is 32.2. The number of hydrogen-bond donors (Lipinski definition) is 0. The molecule has 0 radical (unpaired) electrons. The van der Waals surface area contributed by atoms with Crippen LogP contribution in [-0.2, 0) is 25.7 Å². The van der Waals surface area contributed by atoms with Gasteiger partial charge < -0.3 is 23.8 Å². The molecule has 3 rings (SSSR count). The lowest BCUT2D eigenvalue weighted by atomic mass is 10.3. The lowest BCUT2D eigenvalue weighted by molar-refractivity contribution is -0.107. The third-order valence-electron chi connectivity index (χ3n) is 5.26. The van der Waals surface area contributed by atoms with Crippen LogP contribution in [0.2, 0.25) is 0 Å². The standard InChI is InChI=1S/C26H33N2O2S.C2H3F3O3S/c1-7-29-20(2)30-23-9-8-10-26(19-23)31(24-15-11-21(12-16-24)27(3)4)25-17-13-22(14-18-25)28(5)6;3-2(4,5)1-9(6,7)8/h8-20H,7H2,1-6H3;1H2,(H,6,7,8)/q+1;/p-1. The van der Waals surface area contributed by atoms with Gasteiger partial charge in [0.1, 0.15) is 21.6 Å². The zero-order chi connectivity index (χ0) is 30.1. The minimum atomic E-state index is -5.16. The van der Waals surface area contributed by atoms with E-state index in [9.17, 15) is 26.1 Å². The first kappa shape index (κ1) is 33.3. The van der Waals surface area contributed by atoms with Crippen molar-refractivity contribution in [1.82, 2.24) is 0 Å². The van der Waals surface area contributed by atoms with Crippen molar-refractivity contribution in [3.8, 4) is 5.75 Å². The molecule has 1 unspecified atom stereocenters. The molecule has 1 atom stereocenters. The smallest absolute Gasteiger partial charge is 0.401 e. The van der Waals surface area contributed by atoms with Crippen LogP contribution in [0, 0.1) is 0 Å². The van der Waals surface area contributed by atoms with Crippen molar-refractivity contribution < 1.29 is 35.6 Å². The first-order valence-corrected chi connectivity index (χ1v) is 15.1. The van der Waals surface area contributed by atoms with Crippen molar-refractivity contribution in [3.63, 3.8) is 0 Å². The minimum absolute atomic E-state index is 0.244. The summed E-state index contributed by atoms with van der Waals surface area (Å²) in [6.07, 6.45) is -5.19. The molecule has 0 aliphatic heterocycles. The number of ether oxygens (including phenoxy) is 2. The summed E-state index contributed by atoms with van der Waals surface area (Å²) in [6.45, 7) is 4.53. The zero-order valence-corrected chi connectivity index (χ0v) is 24.9. The fourth-order valence-electron chi connectivity index (χ4n) is 3.50. The molecule has 7 nitrogen and oxygen atoms in total. The van der Waals surface area contributed by atoms with Crippen LogP contribution in [0.4, 0.5) is 24.5 Å². The van der Waals surface area contributed by atoms with Crippen LogP contribution in [0.15, 0.2) is 87.5 Å². The highest BCUT2D eigenvalue weighted by Gasteiger charge is 2.31. The molecule has 0 aliphatic rings. The Balaban J connectivity index is 0.000000536. The Hall–Kier alpha value is -2.93. The second-order valence-corrected chi connectivity index (χ2v) is 12.4. The third-order valence-corrected chi connectivity index (χ3v) is 8.16. The van der Waals surface area contributed by atoms with E-state index in [1.165, 1.54) is 26.1 Å². The van der Waals surface area contributed by atoms with Crippen molar-refractivity contribution in [3.05, 3.63) is 72.8 Å². The summed E-state index contributed by atoms with van der Waals surface area (Å²) in [6, 6.07) is 26.0. The molecule has 0 fully saturated rings. The molecule has 0 N–H and O–H groups in total.